The fraction of sp³-hybridized carbons (Fsp3) is 0.500. The summed E-state index contributed by atoms with van der Waals surface area (Å²) in [6, 6.07) is 2.61. The molecule has 0 saturated carbocycles. The Morgan fingerprint density at radius 2 is 1.77 bits per heavy atom. The summed E-state index contributed by atoms with van der Waals surface area (Å²) in [5.41, 5.74) is -0.651. The van der Waals surface area contributed by atoms with Gasteiger partial charge in [0.15, 0.2) is 0 Å². The molecule has 1 aromatic carbocycles. The number of nitrogens with one attached hydrogen (secondary N) is 2. The summed E-state index contributed by atoms with van der Waals surface area (Å²) >= 11 is 0. The average molecular weight is 367 g/mol. The summed E-state index contributed by atoms with van der Waals surface area (Å²) in [6.45, 7) is 4.37. The van der Waals surface area contributed by atoms with Crippen LogP contribution < -0.4 is 10.6 Å². The van der Waals surface area contributed by atoms with Crippen molar-refractivity contribution in [2.75, 3.05) is 19.6 Å². The first-order valence-corrected chi connectivity index (χ1v) is 8.62. The van der Waals surface area contributed by atoms with Crippen LogP contribution >= 0.6 is 0 Å². The highest BCUT2D eigenvalue weighted by Crippen LogP contribution is 2.19. The lowest BCUT2D eigenvalue weighted by atomic mass is 10.0. The van der Waals surface area contributed by atoms with E-state index in [0.29, 0.717) is 13.0 Å². The summed E-state index contributed by atoms with van der Waals surface area (Å²) < 4.78 is 27.1. The second kappa shape index (κ2) is 8.73. The Morgan fingerprint density at radius 1 is 1.15 bits per heavy atom. The first-order chi connectivity index (χ1) is 12.3. The zero-order valence-electron chi connectivity index (χ0n) is 14.9. The molecule has 6 nitrogen and oxygen atoms in total. The van der Waals surface area contributed by atoms with E-state index in [1.807, 2.05) is 13.8 Å². The first kappa shape index (κ1) is 19.8. The van der Waals surface area contributed by atoms with Gasteiger partial charge in [0.05, 0.1) is 0 Å². The minimum Gasteiger partial charge on any atom is -0.353 e. The van der Waals surface area contributed by atoms with E-state index in [9.17, 15) is 23.2 Å². The lowest BCUT2D eigenvalue weighted by molar-refractivity contribution is -0.139. The lowest BCUT2D eigenvalue weighted by Gasteiger charge is -2.29. The number of nitrogens with zero attached hydrogens (tertiary/aromatic N) is 1. The van der Waals surface area contributed by atoms with E-state index in [1.54, 1.807) is 4.90 Å². The molecule has 1 aliphatic heterocycles. The monoisotopic (exact) mass is 367 g/mol. The summed E-state index contributed by atoms with van der Waals surface area (Å²) in [7, 11) is 0. The highest BCUT2D eigenvalue weighted by atomic mass is 19.1. The molecule has 0 radical (unpaired) electrons. The van der Waals surface area contributed by atoms with Gasteiger partial charge in [0.25, 0.3) is 5.91 Å². The van der Waals surface area contributed by atoms with Crippen LogP contribution in [0.15, 0.2) is 18.2 Å². The topological polar surface area (TPSA) is 78.5 Å². The van der Waals surface area contributed by atoms with Crippen LogP contribution in [-0.2, 0) is 9.59 Å². The van der Waals surface area contributed by atoms with Crippen molar-refractivity contribution in [2.24, 2.45) is 5.92 Å². The fourth-order valence-electron chi connectivity index (χ4n) is 3.04. The molecule has 8 heteroatoms. The number of benzene rings is 1. The van der Waals surface area contributed by atoms with Gasteiger partial charge in [-0.05, 0) is 24.5 Å². The van der Waals surface area contributed by atoms with Crippen molar-refractivity contribution in [3.8, 4) is 0 Å². The summed E-state index contributed by atoms with van der Waals surface area (Å²) in [5.74, 6) is -3.18. The number of hydrogen-bond donors (Lipinski definition) is 2. The third kappa shape index (κ3) is 4.56. The maximum Gasteiger partial charge on any atom is 0.257 e. The molecule has 26 heavy (non-hydrogen) atoms. The molecule has 1 saturated heterocycles. The molecule has 0 spiro atoms. The molecule has 1 fully saturated rings. The van der Waals surface area contributed by atoms with Crippen LogP contribution in [-0.4, -0.2) is 48.3 Å². The zero-order valence-corrected chi connectivity index (χ0v) is 14.9. The SMILES string of the molecule is CC(C)[C@H](C(=O)NCCNC(=O)c1c(F)cccc1F)N1CCCC1=O. The van der Waals surface area contributed by atoms with Crippen molar-refractivity contribution in [3.05, 3.63) is 35.4 Å². The highest BCUT2D eigenvalue weighted by molar-refractivity contribution is 5.94. The molecule has 1 aliphatic rings. The minimum absolute atomic E-state index is 0.0110. The summed E-state index contributed by atoms with van der Waals surface area (Å²) in [5, 5.41) is 5.03. The van der Waals surface area contributed by atoms with E-state index in [0.717, 1.165) is 18.6 Å². The average Bonchev–Trinajstić information content (AvgIpc) is 2.97. The van der Waals surface area contributed by atoms with Gasteiger partial charge in [0.1, 0.15) is 23.2 Å². The number of halogens is 2. The van der Waals surface area contributed by atoms with Crippen LogP contribution in [0.1, 0.15) is 37.0 Å². The second-order valence-electron chi connectivity index (χ2n) is 6.52. The smallest absolute Gasteiger partial charge is 0.257 e. The Morgan fingerprint density at radius 3 is 2.31 bits per heavy atom. The number of hydrogen-bond acceptors (Lipinski definition) is 3. The van der Waals surface area contributed by atoms with Crippen LogP contribution in [0.4, 0.5) is 8.78 Å². The molecule has 142 valence electrons. The van der Waals surface area contributed by atoms with Crippen LogP contribution in [0.25, 0.3) is 0 Å². The van der Waals surface area contributed by atoms with Gasteiger partial charge in [-0.3, -0.25) is 14.4 Å². The fourth-order valence-corrected chi connectivity index (χ4v) is 3.04. The van der Waals surface area contributed by atoms with E-state index in [4.69, 9.17) is 0 Å². The van der Waals surface area contributed by atoms with E-state index in [2.05, 4.69) is 10.6 Å². The van der Waals surface area contributed by atoms with Crippen LogP contribution in [0.2, 0.25) is 0 Å². The van der Waals surface area contributed by atoms with Crippen molar-refractivity contribution in [2.45, 2.75) is 32.7 Å². The van der Waals surface area contributed by atoms with Gasteiger partial charge in [-0.25, -0.2) is 8.78 Å². The minimum atomic E-state index is -0.945. The molecule has 3 amide bonds. The predicted molar refractivity (Wildman–Crippen MR) is 91.3 cm³/mol. The quantitative estimate of drug-likeness (QED) is 0.716. The Labute approximate surface area is 150 Å². The van der Waals surface area contributed by atoms with Gasteiger partial charge in [-0.15, -0.1) is 0 Å². The second-order valence-corrected chi connectivity index (χ2v) is 6.52. The highest BCUT2D eigenvalue weighted by Gasteiger charge is 2.34. The van der Waals surface area contributed by atoms with Gasteiger partial charge in [0, 0.05) is 26.1 Å². The largest absolute Gasteiger partial charge is 0.353 e. The van der Waals surface area contributed by atoms with Crippen LogP contribution in [0.5, 0.6) is 0 Å². The molecule has 0 unspecified atom stereocenters. The number of carbonyl (C=O) groups excluding carboxylic acids is 3. The standard InChI is InChI=1S/C18H23F2N3O3/c1-11(2)16(23-10-4-7-14(23)24)18(26)22-9-8-21-17(25)15-12(19)5-3-6-13(15)20/h3,5-6,11,16H,4,7-10H2,1-2H3,(H,21,25)(H,22,26)/t16-/m1/s1. The van der Waals surface area contributed by atoms with E-state index < -0.39 is 29.1 Å². The Balaban J connectivity index is 1.85. The number of amides is 3. The van der Waals surface area contributed by atoms with Gasteiger partial charge in [-0.1, -0.05) is 19.9 Å². The van der Waals surface area contributed by atoms with Crippen LogP contribution in [0.3, 0.4) is 0 Å². The Hall–Kier alpha value is -2.51. The molecule has 0 aromatic heterocycles. The van der Waals surface area contributed by atoms with E-state index >= 15 is 0 Å². The maximum absolute atomic E-state index is 13.5. The maximum atomic E-state index is 13.5. The Bertz CT molecular complexity index is 674. The molecule has 1 aromatic rings. The van der Waals surface area contributed by atoms with Gasteiger partial charge < -0.3 is 15.5 Å². The Kier molecular flexibility index (Phi) is 6.65. The van der Waals surface area contributed by atoms with E-state index in [1.165, 1.54) is 6.07 Å². The zero-order chi connectivity index (χ0) is 19.3. The van der Waals surface area contributed by atoms with Crippen molar-refractivity contribution < 1.29 is 23.2 Å². The van der Waals surface area contributed by atoms with Gasteiger partial charge >= 0.3 is 0 Å². The molecule has 2 N–H and O–H groups in total. The van der Waals surface area contributed by atoms with Crippen molar-refractivity contribution in [3.63, 3.8) is 0 Å². The third-order valence-electron chi connectivity index (χ3n) is 4.25. The summed E-state index contributed by atoms with van der Waals surface area (Å²) in [6.07, 6.45) is 1.18. The number of rotatable bonds is 7. The van der Waals surface area contributed by atoms with Crippen molar-refractivity contribution in [1.82, 2.24) is 15.5 Å². The molecule has 0 bridgehead atoms. The number of carbonyl (C=O) groups is 3. The van der Waals surface area contributed by atoms with Crippen LogP contribution in [0, 0.1) is 17.6 Å². The molecule has 1 atom stereocenters. The van der Waals surface area contributed by atoms with E-state index in [-0.39, 0.29) is 30.8 Å². The molecular formula is C18H23F2N3O3. The normalized spacial score (nSPS) is 15.3. The van der Waals surface area contributed by atoms with Gasteiger partial charge in [0.2, 0.25) is 11.8 Å². The molecule has 0 aliphatic carbocycles. The number of likely N-dealkylation sites (tertiary alicyclic amines) is 1. The molecule has 1 heterocycles. The summed E-state index contributed by atoms with van der Waals surface area (Å²) in [4.78, 5) is 37.7. The van der Waals surface area contributed by atoms with Crippen molar-refractivity contribution in [1.29, 1.82) is 0 Å². The first-order valence-electron chi connectivity index (χ1n) is 8.62. The van der Waals surface area contributed by atoms with Crippen molar-refractivity contribution >= 4 is 17.7 Å². The lowest BCUT2D eigenvalue weighted by Crippen LogP contribution is -2.51. The molecule has 2 rings (SSSR count). The van der Waals surface area contributed by atoms with Gasteiger partial charge in [-0.2, -0.15) is 0 Å². The third-order valence-corrected chi connectivity index (χ3v) is 4.25. The predicted octanol–water partition coefficient (Wildman–Crippen LogP) is 1.46. The molecular weight excluding hydrogens is 344 g/mol.